The Morgan fingerprint density at radius 3 is 2.44 bits per heavy atom. The minimum atomic E-state index is -0.167. The van der Waals surface area contributed by atoms with Crippen molar-refractivity contribution in [1.82, 2.24) is 5.32 Å². The lowest BCUT2D eigenvalue weighted by atomic mass is 10.1. The standard InChI is InChI=1S/C21H28N2O2/c1-2-3-17-25-20-14-12-19(13-15-20)23-21(24)22-16-8-7-11-18-9-5-4-6-10-18/h4-6,9-10,12-15H,2-3,7-8,11,16-17H2,1H3,(H2,22,23,24). The molecule has 4 heteroatoms. The van der Waals surface area contributed by atoms with Gasteiger partial charge in [0.2, 0.25) is 0 Å². The number of carbonyl (C=O) groups is 1. The van der Waals surface area contributed by atoms with Gasteiger partial charge in [0.15, 0.2) is 0 Å². The van der Waals surface area contributed by atoms with Crippen molar-refractivity contribution in [2.75, 3.05) is 18.5 Å². The van der Waals surface area contributed by atoms with Crippen LogP contribution in [0.3, 0.4) is 0 Å². The molecule has 2 amide bonds. The van der Waals surface area contributed by atoms with E-state index in [-0.39, 0.29) is 6.03 Å². The van der Waals surface area contributed by atoms with Crippen molar-refractivity contribution in [3.63, 3.8) is 0 Å². The Hall–Kier alpha value is -2.49. The molecule has 0 spiro atoms. The van der Waals surface area contributed by atoms with Crippen molar-refractivity contribution in [1.29, 1.82) is 0 Å². The number of hydrogen-bond donors (Lipinski definition) is 2. The fourth-order valence-electron chi connectivity index (χ4n) is 2.44. The number of aryl methyl sites for hydroxylation is 1. The van der Waals surface area contributed by atoms with Crippen LogP contribution in [-0.2, 0) is 6.42 Å². The van der Waals surface area contributed by atoms with Gasteiger partial charge < -0.3 is 15.4 Å². The number of ether oxygens (including phenoxy) is 1. The molecular weight excluding hydrogens is 312 g/mol. The third-order valence-corrected chi connectivity index (χ3v) is 3.90. The van der Waals surface area contributed by atoms with E-state index in [2.05, 4.69) is 41.8 Å². The number of nitrogens with one attached hydrogen (secondary N) is 2. The van der Waals surface area contributed by atoms with Crippen molar-refractivity contribution in [2.24, 2.45) is 0 Å². The number of hydrogen-bond acceptors (Lipinski definition) is 2. The van der Waals surface area contributed by atoms with E-state index in [1.165, 1.54) is 5.56 Å². The van der Waals surface area contributed by atoms with Crippen LogP contribution in [0.25, 0.3) is 0 Å². The summed E-state index contributed by atoms with van der Waals surface area (Å²) in [5.41, 5.74) is 2.11. The van der Waals surface area contributed by atoms with E-state index in [4.69, 9.17) is 4.74 Å². The Bertz CT molecular complexity index is 612. The van der Waals surface area contributed by atoms with Crippen LogP contribution in [0.2, 0.25) is 0 Å². The lowest BCUT2D eigenvalue weighted by Crippen LogP contribution is -2.29. The monoisotopic (exact) mass is 340 g/mol. The molecule has 0 aliphatic heterocycles. The van der Waals surface area contributed by atoms with Crippen molar-refractivity contribution < 1.29 is 9.53 Å². The van der Waals surface area contributed by atoms with Crippen LogP contribution in [0.4, 0.5) is 10.5 Å². The summed E-state index contributed by atoms with van der Waals surface area (Å²) in [7, 11) is 0. The predicted molar refractivity (Wildman–Crippen MR) is 103 cm³/mol. The quantitative estimate of drug-likeness (QED) is 0.597. The second kappa shape index (κ2) is 11.1. The van der Waals surface area contributed by atoms with Crippen LogP contribution in [0, 0.1) is 0 Å². The minimum Gasteiger partial charge on any atom is -0.494 e. The fraction of sp³-hybridized carbons (Fsp3) is 0.381. The van der Waals surface area contributed by atoms with Crippen LogP contribution < -0.4 is 15.4 Å². The number of rotatable bonds is 10. The van der Waals surface area contributed by atoms with Crippen LogP contribution in [0.1, 0.15) is 38.2 Å². The van der Waals surface area contributed by atoms with Gasteiger partial charge >= 0.3 is 6.03 Å². The van der Waals surface area contributed by atoms with Crippen LogP contribution >= 0.6 is 0 Å². The molecule has 2 aromatic rings. The molecular formula is C21H28N2O2. The number of unbranched alkanes of at least 4 members (excludes halogenated alkanes) is 2. The molecule has 2 N–H and O–H groups in total. The molecule has 2 aromatic carbocycles. The van der Waals surface area contributed by atoms with E-state index in [0.717, 1.165) is 50.1 Å². The Morgan fingerprint density at radius 1 is 0.960 bits per heavy atom. The number of urea groups is 1. The summed E-state index contributed by atoms with van der Waals surface area (Å²) in [6, 6.07) is 17.7. The topological polar surface area (TPSA) is 50.4 Å². The van der Waals surface area contributed by atoms with Gasteiger partial charge in [-0.3, -0.25) is 0 Å². The van der Waals surface area contributed by atoms with E-state index in [1.54, 1.807) is 0 Å². The zero-order chi connectivity index (χ0) is 17.7. The highest BCUT2D eigenvalue weighted by Crippen LogP contribution is 2.16. The molecule has 0 heterocycles. The molecule has 0 saturated heterocycles. The largest absolute Gasteiger partial charge is 0.494 e. The first-order valence-corrected chi connectivity index (χ1v) is 9.09. The zero-order valence-corrected chi connectivity index (χ0v) is 15.0. The van der Waals surface area contributed by atoms with Gasteiger partial charge in [0, 0.05) is 12.2 Å². The van der Waals surface area contributed by atoms with Gasteiger partial charge in [-0.05, 0) is 55.5 Å². The van der Waals surface area contributed by atoms with Crippen LogP contribution in [0.5, 0.6) is 5.75 Å². The van der Waals surface area contributed by atoms with Gasteiger partial charge in [-0.2, -0.15) is 0 Å². The molecule has 0 bridgehead atoms. The maximum Gasteiger partial charge on any atom is 0.319 e. The maximum absolute atomic E-state index is 11.9. The average Bonchev–Trinajstić information content (AvgIpc) is 2.64. The Morgan fingerprint density at radius 2 is 1.72 bits per heavy atom. The smallest absolute Gasteiger partial charge is 0.319 e. The summed E-state index contributed by atoms with van der Waals surface area (Å²) in [5.74, 6) is 0.834. The van der Waals surface area contributed by atoms with Gasteiger partial charge in [-0.15, -0.1) is 0 Å². The molecule has 134 valence electrons. The maximum atomic E-state index is 11.9. The molecule has 25 heavy (non-hydrogen) atoms. The van der Waals surface area contributed by atoms with E-state index in [9.17, 15) is 4.79 Å². The Kier molecular flexibility index (Phi) is 8.39. The van der Waals surface area contributed by atoms with E-state index in [0.29, 0.717) is 6.54 Å². The lowest BCUT2D eigenvalue weighted by Gasteiger charge is -2.09. The first kappa shape index (κ1) is 18.8. The summed E-state index contributed by atoms with van der Waals surface area (Å²) in [6.45, 7) is 3.54. The van der Waals surface area contributed by atoms with E-state index < -0.39 is 0 Å². The van der Waals surface area contributed by atoms with Gasteiger partial charge in [-0.25, -0.2) is 4.79 Å². The zero-order valence-electron chi connectivity index (χ0n) is 15.0. The van der Waals surface area contributed by atoms with Gasteiger partial charge in [0.05, 0.1) is 6.61 Å². The third kappa shape index (κ3) is 7.75. The summed E-state index contributed by atoms with van der Waals surface area (Å²) >= 11 is 0. The number of amides is 2. The fourth-order valence-corrected chi connectivity index (χ4v) is 2.44. The average molecular weight is 340 g/mol. The summed E-state index contributed by atoms with van der Waals surface area (Å²) < 4.78 is 5.61. The normalized spacial score (nSPS) is 10.3. The van der Waals surface area contributed by atoms with E-state index >= 15 is 0 Å². The molecule has 0 atom stereocenters. The highest BCUT2D eigenvalue weighted by molar-refractivity contribution is 5.89. The second-order valence-corrected chi connectivity index (χ2v) is 6.05. The molecule has 0 aromatic heterocycles. The van der Waals surface area contributed by atoms with Crippen molar-refractivity contribution in [3.8, 4) is 5.75 Å². The van der Waals surface area contributed by atoms with Crippen LogP contribution in [0.15, 0.2) is 54.6 Å². The second-order valence-electron chi connectivity index (χ2n) is 6.05. The van der Waals surface area contributed by atoms with Crippen molar-refractivity contribution >= 4 is 11.7 Å². The van der Waals surface area contributed by atoms with Crippen LogP contribution in [-0.4, -0.2) is 19.2 Å². The first-order chi connectivity index (χ1) is 12.3. The van der Waals surface area contributed by atoms with Gasteiger partial charge in [-0.1, -0.05) is 43.7 Å². The SMILES string of the molecule is CCCCOc1ccc(NC(=O)NCCCCc2ccccc2)cc1. The molecule has 0 radical (unpaired) electrons. The highest BCUT2D eigenvalue weighted by Gasteiger charge is 2.02. The molecule has 0 fully saturated rings. The predicted octanol–water partition coefficient (Wildman–Crippen LogP) is 5.01. The molecule has 2 rings (SSSR count). The first-order valence-electron chi connectivity index (χ1n) is 9.09. The molecule has 4 nitrogen and oxygen atoms in total. The lowest BCUT2D eigenvalue weighted by molar-refractivity contribution is 0.252. The summed E-state index contributed by atoms with van der Waals surface area (Å²) in [5, 5.41) is 5.73. The van der Waals surface area contributed by atoms with Crippen molar-refractivity contribution in [2.45, 2.75) is 39.0 Å². The Balaban J connectivity index is 1.59. The molecule has 0 aliphatic rings. The number of carbonyl (C=O) groups excluding carboxylic acids is 1. The van der Waals surface area contributed by atoms with Crippen molar-refractivity contribution in [3.05, 3.63) is 60.2 Å². The summed E-state index contributed by atoms with van der Waals surface area (Å²) in [4.78, 5) is 11.9. The van der Waals surface area contributed by atoms with E-state index in [1.807, 2.05) is 30.3 Å². The van der Waals surface area contributed by atoms with Gasteiger partial charge in [0.25, 0.3) is 0 Å². The molecule has 0 unspecified atom stereocenters. The molecule has 0 saturated carbocycles. The summed E-state index contributed by atoms with van der Waals surface area (Å²) in [6.07, 6.45) is 5.24. The highest BCUT2D eigenvalue weighted by atomic mass is 16.5. The number of benzene rings is 2. The molecule has 0 aliphatic carbocycles. The third-order valence-electron chi connectivity index (χ3n) is 3.90. The number of anilines is 1. The van der Waals surface area contributed by atoms with Gasteiger partial charge in [0.1, 0.15) is 5.75 Å². The minimum absolute atomic E-state index is 0.167. The Labute approximate surface area is 150 Å².